The number of rotatable bonds is 0. The molecule has 162 valence electrons. The number of pyridine rings is 1. The molecule has 0 saturated carbocycles. The fraction of sp³-hybridized carbons (Fsp3) is 0. The van der Waals surface area contributed by atoms with Gasteiger partial charge in [0.1, 0.15) is 11.2 Å². The molecule has 0 aliphatic carbocycles. The number of hydrogen-bond acceptors (Lipinski definition) is 2. The monoisotopic (exact) mass is 463 g/mol. The molecule has 0 fully saturated rings. The van der Waals surface area contributed by atoms with Crippen LogP contribution in [0.25, 0.3) is 80.1 Å². The van der Waals surface area contributed by atoms with Crippen molar-refractivity contribution in [1.29, 1.82) is 0 Å². The summed E-state index contributed by atoms with van der Waals surface area (Å²) in [5.74, 6) is 0. The number of fused-ring (bicyclic) bond motifs is 16. The molecule has 0 aliphatic heterocycles. The van der Waals surface area contributed by atoms with Crippen LogP contribution >= 0.6 is 11.3 Å². The van der Waals surface area contributed by atoms with Crippen LogP contribution in [0, 0.1) is 0 Å². The fourth-order valence-corrected chi connectivity index (χ4v) is 7.37. The summed E-state index contributed by atoms with van der Waals surface area (Å²) in [6.07, 6.45) is 2.31. The van der Waals surface area contributed by atoms with Gasteiger partial charge in [-0.2, -0.15) is 0 Å². The number of aromatic nitrogens is 1. The second-order valence-electron chi connectivity index (χ2n) is 9.33. The summed E-state index contributed by atoms with van der Waals surface area (Å²) in [5.41, 5.74) is 4.42. The number of para-hydroxylation sites is 1. The lowest BCUT2D eigenvalue weighted by molar-refractivity contribution is 0.669. The van der Waals surface area contributed by atoms with Crippen LogP contribution in [0.2, 0.25) is 0 Å². The molecular formula is C32H17NOS. The quantitative estimate of drug-likeness (QED) is 0.205. The van der Waals surface area contributed by atoms with Crippen LogP contribution in [0.1, 0.15) is 0 Å². The minimum Gasteiger partial charge on any atom is -0.456 e. The predicted molar refractivity (Wildman–Crippen MR) is 150 cm³/mol. The summed E-state index contributed by atoms with van der Waals surface area (Å²) in [6, 6.07) is 34.9. The molecule has 2 nitrogen and oxygen atoms in total. The predicted octanol–water partition coefficient (Wildman–Crippen LogP) is 9.67. The van der Waals surface area contributed by atoms with Gasteiger partial charge in [0.2, 0.25) is 0 Å². The SMILES string of the molecule is c1ccc2c(c1)cn1c2c2ccc3oc4ccccc4c3c2c2ccc3c4ccccc4sc3c21. The summed E-state index contributed by atoms with van der Waals surface area (Å²) in [5, 5.41) is 11.4. The molecule has 0 N–H and O–H groups in total. The lowest BCUT2D eigenvalue weighted by Gasteiger charge is -2.12. The Morgan fingerprint density at radius 3 is 2.17 bits per heavy atom. The van der Waals surface area contributed by atoms with Crippen LogP contribution in [0.15, 0.2) is 108 Å². The Bertz CT molecular complexity index is 2330. The Morgan fingerprint density at radius 2 is 1.23 bits per heavy atom. The third kappa shape index (κ3) is 2.15. The third-order valence-corrected chi connectivity index (χ3v) is 8.75. The smallest absolute Gasteiger partial charge is 0.136 e. The summed E-state index contributed by atoms with van der Waals surface area (Å²) < 4.78 is 11.4. The van der Waals surface area contributed by atoms with Crippen LogP contribution in [-0.4, -0.2) is 4.40 Å². The summed E-state index contributed by atoms with van der Waals surface area (Å²) in [7, 11) is 0. The summed E-state index contributed by atoms with van der Waals surface area (Å²) >= 11 is 1.89. The van der Waals surface area contributed by atoms with E-state index in [0.29, 0.717) is 0 Å². The minimum absolute atomic E-state index is 0.936. The van der Waals surface area contributed by atoms with E-state index in [1.54, 1.807) is 0 Å². The summed E-state index contributed by atoms with van der Waals surface area (Å²) in [4.78, 5) is 0. The van der Waals surface area contributed by atoms with Gasteiger partial charge < -0.3 is 8.82 Å². The average molecular weight is 464 g/mol. The van der Waals surface area contributed by atoms with Gasteiger partial charge in [-0.1, -0.05) is 72.8 Å². The fourth-order valence-electron chi connectivity index (χ4n) is 6.12. The van der Waals surface area contributed by atoms with Crippen molar-refractivity contribution in [1.82, 2.24) is 4.40 Å². The Morgan fingerprint density at radius 1 is 0.514 bits per heavy atom. The van der Waals surface area contributed by atoms with Crippen molar-refractivity contribution in [3.8, 4) is 0 Å². The van der Waals surface area contributed by atoms with Gasteiger partial charge in [-0.05, 0) is 24.3 Å². The molecule has 0 aliphatic rings. The van der Waals surface area contributed by atoms with Crippen molar-refractivity contribution in [2.45, 2.75) is 0 Å². The van der Waals surface area contributed by atoms with Crippen molar-refractivity contribution >= 4 is 91.4 Å². The molecule has 35 heavy (non-hydrogen) atoms. The average Bonchev–Trinajstić information content (AvgIpc) is 3.59. The number of furan rings is 1. The van der Waals surface area contributed by atoms with Crippen LogP contribution in [0.3, 0.4) is 0 Å². The molecule has 9 aromatic rings. The van der Waals surface area contributed by atoms with Crippen molar-refractivity contribution in [3.63, 3.8) is 0 Å². The zero-order chi connectivity index (χ0) is 22.7. The lowest BCUT2D eigenvalue weighted by atomic mass is 9.97. The first-order chi connectivity index (χ1) is 17.4. The summed E-state index contributed by atoms with van der Waals surface area (Å²) in [6.45, 7) is 0. The van der Waals surface area contributed by atoms with Gasteiger partial charge in [-0.15, -0.1) is 11.3 Å². The molecular weight excluding hydrogens is 446 g/mol. The van der Waals surface area contributed by atoms with Crippen LogP contribution in [0.5, 0.6) is 0 Å². The second-order valence-corrected chi connectivity index (χ2v) is 10.4. The molecule has 0 atom stereocenters. The highest BCUT2D eigenvalue weighted by molar-refractivity contribution is 7.26. The molecule has 0 amide bonds. The first kappa shape index (κ1) is 18.0. The van der Waals surface area contributed by atoms with E-state index in [0.717, 1.165) is 11.2 Å². The Labute approximate surface area is 203 Å². The third-order valence-electron chi connectivity index (χ3n) is 7.55. The highest BCUT2D eigenvalue weighted by atomic mass is 32.1. The number of benzene rings is 5. The van der Waals surface area contributed by atoms with E-state index in [1.165, 1.54) is 68.9 Å². The van der Waals surface area contributed by atoms with Crippen molar-refractivity contribution < 1.29 is 4.42 Å². The molecule has 0 unspecified atom stereocenters. The Kier molecular flexibility index (Phi) is 3.20. The topological polar surface area (TPSA) is 17.6 Å². The van der Waals surface area contributed by atoms with Gasteiger partial charge in [0, 0.05) is 59.4 Å². The van der Waals surface area contributed by atoms with Crippen LogP contribution in [-0.2, 0) is 0 Å². The highest BCUT2D eigenvalue weighted by Gasteiger charge is 2.20. The maximum absolute atomic E-state index is 6.32. The first-order valence-electron chi connectivity index (χ1n) is 11.9. The number of nitrogens with zero attached hydrogens (tertiary/aromatic N) is 1. The lowest BCUT2D eigenvalue weighted by Crippen LogP contribution is -1.90. The van der Waals surface area contributed by atoms with Crippen LogP contribution in [0.4, 0.5) is 0 Å². The number of hydrogen-bond donors (Lipinski definition) is 0. The standard InChI is InChI=1S/C32H17NOS/c1-2-8-19-18(7-1)17-33-30(19)23-15-16-26-29(22-10-3-5-11-25(22)34-26)28(23)24-14-13-21-20-9-4-6-12-27(20)35-32(21)31(24)33/h1-17H. The second kappa shape index (κ2) is 6.21. The molecule has 5 aromatic carbocycles. The van der Waals surface area contributed by atoms with E-state index in [4.69, 9.17) is 4.42 Å². The Balaban J connectivity index is 1.69. The van der Waals surface area contributed by atoms with Crippen molar-refractivity contribution in [2.24, 2.45) is 0 Å². The molecule has 3 heteroatoms. The molecule has 4 heterocycles. The van der Waals surface area contributed by atoms with Gasteiger partial charge in [-0.25, -0.2) is 0 Å². The van der Waals surface area contributed by atoms with Gasteiger partial charge in [0.05, 0.1) is 15.7 Å². The van der Waals surface area contributed by atoms with Gasteiger partial charge in [0.25, 0.3) is 0 Å². The van der Waals surface area contributed by atoms with Gasteiger partial charge >= 0.3 is 0 Å². The molecule has 0 saturated heterocycles. The Hall–Kier alpha value is -4.34. The van der Waals surface area contributed by atoms with E-state index < -0.39 is 0 Å². The first-order valence-corrected chi connectivity index (χ1v) is 12.7. The van der Waals surface area contributed by atoms with Crippen molar-refractivity contribution in [2.75, 3.05) is 0 Å². The van der Waals surface area contributed by atoms with E-state index in [1.807, 2.05) is 17.4 Å². The minimum atomic E-state index is 0.936. The molecule has 0 spiro atoms. The van der Waals surface area contributed by atoms with E-state index in [2.05, 4.69) is 102 Å². The van der Waals surface area contributed by atoms with E-state index in [-0.39, 0.29) is 0 Å². The number of thiophene rings is 1. The van der Waals surface area contributed by atoms with Crippen molar-refractivity contribution in [3.05, 3.63) is 103 Å². The highest BCUT2D eigenvalue weighted by Crippen LogP contribution is 2.46. The van der Waals surface area contributed by atoms with E-state index in [9.17, 15) is 0 Å². The van der Waals surface area contributed by atoms with E-state index >= 15 is 0 Å². The van der Waals surface area contributed by atoms with Gasteiger partial charge in [-0.3, -0.25) is 0 Å². The normalized spacial score (nSPS) is 12.6. The van der Waals surface area contributed by atoms with Gasteiger partial charge in [0.15, 0.2) is 0 Å². The van der Waals surface area contributed by atoms with Crippen LogP contribution < -0.4 is 0 Å². The maximum Gasteiger partial charge on any atom is 0.136 e. The molecule has 9 rings (SSSR count). The zero-order valence-corrected chi connectivity index (χ0v) is 19.4. The molecule has 0 bridgehead atoms. The largest absolute Gasteiger partial charge is 0.456 e. The zero-order valence-electron chi connectivity index (χ0n) is 18.6. The molecule has 4 aromatic heterocycles. The molecule has 0 radical (unpaired) electrons. The maximum atomic E-state index is 6.32.